The Morgan fingerprint density at radius 2 is 1.81 bits per heavy atom. The molecule has 0 saturated heterocycles. The first-order valence-electron chi connectivity index (χ1n) is 9.51. The molecule has 0 radical (unpaired) electrons. The highest BCUT2D eigenvalue weighted by Crippen LogP contribution is 2.34. The first kappa shape index (κ1) is 20.1. The Morgan fingerprint density at radius 1 is 1.12 bits per heavy atom. The van der Waals surface area contributed by atoms with Crippen molar-refractivity contribution in [1.29, 1.82) is 0 Å². The summed E-state index contributed by atoms with van der Waals surface area (Å²) in [6, 6.07) is 7.51. The molecule has 1 N–H and O–H groups in total. The molecule has 0 spiro atoms. The molecule has 2 atom stereocenters. The monoisotopic (exact) mass is 356 g/mol. The van der Waals surface area contributed by atoms with Gasteiger partial charge in [-0.25, -0.2) is 0 Å². The summed E-state index contributed by atoms with van der Waals surface area (Å²) >= 11 is 0. The summed E-state index contributed by atoms with van der Waals surface area (Å²) in [6.07, 6.45) is 9.48. The molecule has 2 rings (SSSR count). The summed E-state index contributed by atoms with van der Waals surface area (Å²) in [6.45, 7) is 1.99. The first-order chi connectivity index (χ1) is 12.5. The summed E-state index contributed by atoms with van der Waals surface area (Å²) in [4.78, 5) is 34.9. The van der Waals surface area contributed by atoms with E-state index in [-0.39, 0.29) is 24.0 Å². The molecule has 0 amide bonds. The molecule has 1 aliphatic carbocycles. The van der Waals surface area contributed by atoms with E-state index in [1.165, 1.54) is 0 Å². The van der Waals surface area contributed by atoms with Gasteiger partial charge in [0, 0.05) is 24.3 Å². The lowest BCUT2D eigenvalue weighted by Crippen LogP contribution is -2.13. The second-order valence-electron chi connectivity index (χ2n) is 7.21. The van der Waals surface area contributed by atoms with Crippen LogP contribution in [0.5, 0.6) is 0 Å². The number of carbonyl (C=O) groups is 3. The van der Waals surface area contributed by atoms with Gasteiger partial charge >= 0.3 is 5.97 Å². The van der Waals surface area contributed by atoms with Crippen molar-refractivity contribution in [2.45, 2.75) is 58.3 Å². The van der Waals surface area contributed by atoms with E-state index >= 15 is 0 Å². The SMILES string of the molecule is Cc1ccc(C(=O)/C=C/C2CCC(=O)C2CCCCCCC(=O)O)cc1. The van der Waals surface area contributed by atoms with Crippen LogP contribution in [-0.2, 0) is 9.59 Å². The average molecular weight is 356 g/mol. The number of rotatable bonds is 10. The first-order valence-corrected chi connectivity index (χ1v) is 9.51. The summed E-state index contributed by atoms with van der Waals surface area (Å²) < 4.78 is 0. The molecule has 2 unspecified atom stereocenters. The average Bonchev–Trinajstić information content (AvgIpc) is 2.96. The van der Waals surface area contributed by atoms with Gasteiger partial charge in [0.15, 0.2) is 5.78 Å². The number of hydrogen-bond donors (Lipinski definition) is 1. The zero-order chi connectivity index (χ0) is 18.9. The van der Waals surface area contributed by atoms with Crippen LogP contribution in [0.4, 0.5) is 0 Å². The van der Waals surface area contributed by atoms with Crippen molar-refractivity contribution in [3.05, 3.63) is 47.5 Å². The number of aryl methyl sites for hydroxylation is 1. The maximum absolute atomic E-state index is 12.3. The smallest absolute Gasteiger partial charge is 0.303 e. The minimum Gasteiger partial charge on any atom is -0.481 e. The Hall–Kier alpha value is -2.23. The number of allylic oxidation sites excluding steroid dienone is 2. The maximum Gasteiger partial charge on any atom is 0.303 e. The molecule has 1 aromatic carbocycles. The fourth-order valence-electron chi connectivity index (χ4n) is 3.56. The van der Waals surface area contributed by atoms with Crippen LogP contribution in [0.3, 0.4) is 0 Å². The largest absolute Gasteiger partial charge is 0.481 e. The minimum atomic E-state index is -0.751. The topological polar surface area (TPSA) is 71.4 Å². The van der Waals surface area contributed by atoms with E-state index in [4.69, 9.17) is 5.11 Å². The summed E-state index contributed by atoms with van der Waals surface area (Å²) in [5.74, 6) is -0.309. The van der Waals surface area contributed by atoms with Gasteiger partial charge in [-0.3, -0.25) is 14.4 Å². The second kappa shape index (κ2) is 10.0. The zero-order valence-corrected chi connectivity index (χ0v) is 15.4. The predicted molar refractivity (Wildman–Crippen MR) is 101 cm³/mol. The lowest BCUT2D eigenvalue weighted by molar-refractivity contribution is -0.137. The highest BCUT2D eigenvalue weighted by molar-refractivity contribution is 6.04. The van der Waals surface area contributed by atoms with Crippen molar-refractivity contribution >= 4 is 17.5 Å². The number of unbranched alkanes of at least 4 members (excludes halogenated alkanes) is 3. The van der Waals surface area contributed by atoms with Crippen LogP contribution in [0.15, 0.2) is 36.4 Å². The lowest BCUT2D eigenvalue weighted by Gasteiger charge is -2.14. The van der Waals surface area contributed by atoms with Crippen molar-refractivity contribution in [3.63, 3.8) is 0 Å². The van der Waals surface area contributed by atoms with Crippen molar-refractivity contribution in [3.8, 4) is 0 Å². The number of ketones is 2. The normalized spacial score (nSPS) is 20.0. The zero-order valence-electron chi connectivity index (χ0n) is 15.4. The van der Waals surface area contributed by atoms with Gasteiger partial charge in [0.2, 0.25) is 0 Å². The predicted octanol–water partition coefficient (Wildman–Crippen LogP) is 4.75. The third-order valence-corrected chi connectivity index (χ3v) is 5.14. The van der Waals surface area contributed by atoms with E-state index in [9.17, 15) is 14.4 Å². The molecule has 1 fully saturated rings. The number of carboxylic acid groups (broad SMARTS) is 1. The number of hydrogen-bond acceptors (Lipinski definition) is 3. The Balaban J connectivity index is 1.81. The lowest BCUT2D eigenvalue weighted by atomic mass is 9.89. The number of Topliss-reactive ketones (excluding diaryl/α,β-unsaturated/α-hetero) is 1. The van der Waals surface area contributed by atoms with Gasteiger partial charge in [-0.15, -0.1) is 0 Å². The molecule has 0 aromatic heterocycles. The Kier molecular flexibility index (Phi) is 7.76. The number of benzene rings is 1. The molecule has 1 aromatic rings. The van der Waals surface area contributed by atoms with Crippen LogP contribution in [0.25, 0.3) is 0 Å². The van der Waals surface area contributed by atoms with Crippen LogP contribution >= 0.6 is 0 Å². The van der Waals surface area contributed by atoms with Gasteiger partial charge in [-0.2, -0.15) is 0 Å². The summed E-state index contributed by atoms with van der Waals surface area (Å²) in [5.41, 5.74) is 1.79. The van der Waals surface area contributed by atoms with Crippen LogP contribution in [0.2, 0.25) is 0 Å². The second-order valence-corrected chi connectivity index (χ2v) is 7.21. The fourth-order valence-corrected chi connectivity index (χ4v) is 3.56. The van der Waals surface area contributed by atoms with Crippen LogP contribution < -0.4 is 0 Å². The number of carbonyl (C=O) groups excluding carboxylic acids is 2. The van der Waals surface area contributed by atoms with Crippen molar-refractivity contribution in [2.75, 3.05) is 0 Å². The molecule has 26 heavy (non-hydrogen) atoms. The van der Waals surface area contributed by atoms with E-state index in [0.29, 0.717) is 24.2 Å². The molecule has 1 saturated carbocycles. The van der Waals surface area contributed by atoms with Gasteiger partial charge in [0.05, 0.1) is 0 Å². The molecule has 0 aliphatic heterocycles. The van der Waals surface area contributed by atoms with E-state index in [1.54, 1.807) is 6.08 Å². The maximum atomic E-state index is 12.3. The van der Waals surface area contributed by atoms with Crippen molar-refractivity contribution in [1.82, 2.24) is 0 Å². The van der Waals surface area contributed by atoms with E-state index in [0.717, 1.165) is 37.7 Å². The molecular weight excluding hydrogens is 328 g/mol. The molecule has 1 aliphatic rings. The Bertz CT molecular complexity index is 657. The van der Waals surface area contributed by atoms with Crippen LogP contribution in [0.1, 0.15) is 67.3 Å². The van der Waals surface area contributed by atoms with E-state index < -0.39 is 5.97 Å². The fraction of sp³-hybridized carbons (Fsp3) is 0.500. The third-order valence-electron chi connectivity index (χ3n) is 5.14. The summed E-state index contributed by atoms with van der Waals surface area (Å²) in [5, 5.41) is 8.63. The number of aliphatic carboxylic acids is 1. The van der Waals surface area contributed by atoms with Crippen molar-refractivity contribution in [2.24, 2.45) is 11.8 Å². The molecule has 140 valence electrons. The molecule has 4 nitrogen and oxygen atoms in total. The van der Waals surface area contributed by atoms with Crippen LogP contribution in [0, 0.1) is 18.8 Å². The van der Waals surface area contributed by atoms with E-state index in [2.05, 4.69) is 0 Å². The standard InChI is InChI=1S/C22H28O4/c1-16-8-10-18(11-9-16)20(23)14-12-17-13-15-21(24)19(17)6-4-2-3-5-7-22(25)26/h8-12,14,17,19H,2-7,13,15H2,1H3,(H,25,26)/b14-12+. The van der Waals surface area contributed by atoms with Gasteiger partial charge < -0.3 is 5.11 Å². The van der Waals surface area contributed by atoms with Gasteiger partial charge in [-0.05, 0) is 38.2 Å². The van der Waals surface area contributed by atoms with Gasteiger partial charge in [0.1, 0.15) is 5.78 Å². The van der Waals surface area contributed by atoms with Crippen LogP contribution in [-0.4, -0.2) is 22.6 Å². The van der Waals surface area contributed by atoms with E-state index in [1.807, 2.05) is 37.3 Å². The molecule has 4 heteroatoms. The Morgan fingerprint density at radius 3 is 2.50 bits per heavy atom. The minimum absolute atomic E-state index is 0.0107. The van der Waals surface area contributed by atoms with Gasteiger partial charge in [-0.1, -0.05) is 55.2 Å². The highest BCUT2D eigenvalue weighted by atomic mass is 16.4. The third kappa shape index (κ3) is 6.25. The Labute approximate surface area is 155 Å². The summed E-state index contributed by atoms with van der Waals surface area (Å²) in [7, 11) is 0. The number of carboxylic acids is 1. The highest BCUT2D eigenvalue weighted by Gasteiger charge is 2.32. The van der Waals surface area contributed by atoms with Gasteiger partial charge in [0.25, 0.3) is 0 Å². The molecule has 0 bridgehead atoms. The quantitative estimate of drug-likeness (QED) is 0.373. The molecular formula is C22H28O4. The molecule has 0 heterocycles. The van der Waals surface area contributed by atoms with Crippen molar-refractivity contribution < 1.29 is 19.5 Å².